The Hall–Kier alpha value is -9.92. The zero-order valence-electron chi connectivity index (χ0n) is 53.1. The Labute approximate surface area is 544 Å². The number of amides is 6. The standard InChI is InChI=1S/C72H76N12O10/c1-71(76-32-12-13-45-20-25-60(91-4)58(39-45)84-36-29-62(86)78-69(84)89)30-37-82(38-31-71)48-27-34-83(35-28-48)68-77-57-24-21-46(56-42-80(2)67(88)63-52(56)26-33-74-63)40-55(57)65(79-68)72(94-49-22-23-49,47-14-6-5-7-15-47)43-92-44-75-66(87)59(41-61(73)85)81(3)70(90)93-64-53-18-10-8-16-50(53)51-17-9-11-19-54(51)64/h5-11,14-21,24-26,33,39-40,42,48-49,59,64,74,76H,22-23,27-32,34-38,41,43-44H2,1-4H3,(H2,73,85)(H,75,87)(H,78,86,89)/t59-,72-/m0/s1. The quantitative estimate of drug-likeness (QED) is 0.0275. The number of carbonyl (C=O) groups is 5. The fourth-order valence-corrected chi connectivity index (χ4v) is 13.6. The van der Waals surface area contributed by atoms with E-state index in [1.165, 1.54) is 11.9 Å². The zero-order valence-corrected chi connectivity index (χ0v) is 53.1. The highest BCUT2D eigenvalue weighted by molar-refractivity contribution is 6.06. The number of likely N-dealkylation sites (N-methyl/N-ethyl adjacent to an activating group) is 1. The lowest BCUT2D eigenvalue weighted by atomic mass is 9.87. The molecule has 6 heterocycles. The molecule has 484 valence electrons. The second-order valence-corrected chi connectivity index (χ2v) is 25.2. The molecule has 3 aromatic heterocycles. The number of nitrogens with zero attached hydrogens (tertiary/aromatic N) is 7. The van der Waals surface area contributed by atoms with Gasteiger partial charge in [-0.15, -0.1) is 0 Å². The number of anilines is 2. The van der Waals surface area contributed by atoms with E-state index >= 15 is 0 Å². The van der Waals surface area contributed by atoms with E-state index in [-0.39, 0.29) is 49.4 Å². The smallest absolute Gasteiger partial charge is 0.411 e. The molecule has 3 aliphatic heterocycles. The van der Waals surface area contributed by atoms with Crippen molar-refractivity contribution in [2.45, 2.75) is 93.7 Å². The van der Waals surface area contributed by atoms with E-state index < -0.39 is 48.1 Å². The van der Waals surface area contributed by atoms with Crippen LogP contribution in [0.4, 0.5) is 21.2 Å². The third kappa shape index (κ3) is 12.8. The highest BCUT2D eigenvalue weighted by Gasteiger charge is 2.46. The van der Waals surface area contributed by atoms with Crippen molar-refractivity contribution in [3.8, 4) is 39.8 Å². The van der Waals surface area contributed by atoms with E-state index in [1.54, 1.807) is 31.0 Å². The number of primary amides is 1. The fraction of sp³-hybridized carbons (Fsp3) is 0.361. The molecule has 0 radical (unpaired) electrons. The Morgan fingerprint density at radius 2 is 1.56 bits per heavy atom. The van der Waals surface area contributed by atoms with Crippen LogP contribution < -0.4 is 41.8 Å². The van der Waals surface area contributed by atoms with E-state index in [4.69, 9.17) is 34.6 Å². The number of H-pyrrole nitrogens is 1. The number of hydrogen-bond acceptors (Lipinski definition) is 15. The van der Waals surface area contributed by atoms with Crippen molar-refractivity contribution < 1.29 is 42.9 Å². The lowest BCUT2D eigenvalue weighted by molar-refractivity contribution is -0.133. The average molecular weight is 1270 g/mol. The molecule has 1 saturated carbocycles. The van der Waals surface area contributed by atoms with Crippen LogP contribution in [-0.2, 0) is 41.2 Å². The van der Waals surface area contributed by atoms with Gasteiger partial charge in [0.05, 0.1) is 49.7 Å². The van der Waals surface area contributed by atoms with E-state index in [2.05, 4.69) is 55.6 Å². The topological polar surface area (TPSA) is 261 Å². The molecular formula is C72H76N12O10. The minimum atomic E-state index is -1.39. The van der Waals surface area contributed by atoms with Crippen molar-refractivity contribution in [3.63, 3.8) is 0 Å². The van der Waals surface area contributed by atoms with Crippen LogP contribution in [0.1, 0.15) is 92.3 Å². The summed E-state index contributed by atoms with van der Waals surface area (Å²) in [5, 5.41) is 10.4. The van der Waals surface area contributed by atoms with Crippen LogP contribution in [0, 0.1) is 11.8 Å². The Morgan fingerprint density at radius 3 is 2.27 bits per heavy atom. The second kappa shape index (κ2) is 26.6. The number of nitrogens with one attached hydrogen (secondary N) is 4. The number of aromatic amines is 1. The molecule has 5 aromatic carbocycles. The predicted molar refractivity (Wildman–Crippen MR) is 356 cm³/mol. The maximum atomic E-state index is 14.4. The number of rotatable bonds is 20. The summed E-state index contributed by atoms with van der Waals surface area (Å²) in [5.41, 5.74) is 13.0. The number of likely N-dealkylation sites (tertiary alicyclic amines) is 1. The normalized spacial score (nSPS) is 17.5. The van der Waals surface area contributed by atoms with E-state index in [9.17, 15) is 28.8 Å². The summed E-state index contributed by atoms with van der Waals surface area (Å²) in [6, 6.07) is 37.2. The highest BCUT2D eigenvalue weighted by Crippen LogP contribution is 2.47. The Balaban J connectivity index is 0.736. The number of urea groups is 1. The van der Waals surface area contributed by atoms with E-state index in [0.717, 1.165) is 106 Å². The summed E-state index contributed by atoms with van der Waals surface area (Å²) in [6.45, 7) is 5.78. The van der Waals surface area contributed by atoms with Gasteiger partial charge in [0, 0.05) is 110 Å². The first-order valence-corrected chi connectivity index (χ1v) is 32.1. The molecule has 0 unspecified atom stereocenters. The predicted octanol–water partition coefficient (Wildman–Crippen LogP) is 7.99. The Kier molecular flexibility index (Phi) is 17.8. The molecular weight excluding hydrogens is 1190 g/mol. The molecule has 94 heavy (non-hydrogen) atoms. The molecule has 2 aliphatic carbocycles. The van der Waals surface area contributed by atoms with Crippen molar-refractivity contribution in [1.82, 2.24) is 45.3 Å². The summed E-state index contributed by atoms with van der Waals surface area (Å²) in [7, 11) is 4.69. The molecule has 6 N–H and O–H groups in total. The average Bonchev–Trinajstić information content (AvgIpc) is 0.995. The van der Waals surface area contributed by atoms with Gasteiger partial charge < -0.3 is 54.7 Å². The van der Waals surface area contributed by atoms with Crippen LogP contribution in [0.15, 0.2) is 139 Å². The van der Waals surface area contributed by atoms with E-state index in [1.807, 2.05) is 115 Å². The van der Waals surface area contributed by atoms with Crippen molar-refractivity contribution in [2.75, 3.05) is 76.6 Å². The number of pyridine rings is 1. The third-order valence-electron chi connectivity index (χ3n) is 19.0. The third-order valence-corrected chi connectivity index (χ3v) is 19.0. The molecule has 22 nitrogen and oxygen atoms in total. The van der Waals surface area contributed by atoms with Gasteiger partial charge in [0.1, 0.15) is 24.0 Å². The minimum absolute atomic E-state index is 0.115. The number of fused-ring (bicyclic) bond motifs is 5. The number of nitrogens with two attached hydrogens (primary N) is 1. The van der Waals surface area contributed by atoms with Crippen LogP contribution in [0.3, 0.4) is 0 Å². The summed E-state index contributed by atoms with van der Waals surface area (Å²) in [5.74, 6) is 5.83. The monoisotopic (exact) mass is 1270 g/mol. The number of aryl methyl sites for hydroxylation is 1. The van der Waals surface area contributed by atoms with Crippen molar-refractivity contribution in [2.24, 2.45) is 12.8 Å². The molecule has 13 rings (SSSR count). The van der Waals surface area contributed by atoms with Crippen LogP contribution in [0.25, 0.3) is 44.1 Å². The maximum Gasteiger partial charge on any atom is 0.411 e. The van der Waals surface area contributed by atoms with Gasteiger partial charge in [-0.2, -0.15) is 0 Å². The maximum absolute atomic E-state index is 14.4. The van der Waals surface area contributed by atoms with Gasteiger partial charge in [-0.25, -0.2) is 19.6 Å². The van der Waals surface area contributed by atoms with Gasteiger partial charge >= 0.3 is 12.1 Å². The number of methoxy groups -OCH3 is 1. The summed E-state index contributed by atoms with van der Waals surface area (Å²) < 4.78 is 27.2. The van der Waals surface area contributed by atoms with Crippen molar-refractivity contribution in [1.29, 1.82) is 0 Å². The van der Waals surface area contributed by atoms with Crippen LogP contribution in [-0.4, -0.2) is 150 Å². The number of imide groups is 1. The number of ether oxygens (including phenoxy) is 4. The Morgan fingerprint density at radius 1 is 0.840 bits per heavy atom. The SMILES string of the molecule is COc1ccc(C#CCNC2(C)CCN(C3CCN(c4nc([C@@](COCNC(=O)[C@H](CC(N)=O)N(C)C(=O)OC5c6ccccc6-c6ccccc65)(OC5CC5)c5ccccc5)c5cc(-c6cn(C)c(=O)c7[nH]ccc67)ccc5n4)CC3)CC2)cc1N1CCC(=O)NC1=O. The molecule has 4 fully saturated rings. The van der Waals surface area contributed by atoms with Gasteiger partial charge in [0.25, 0.3) is 5.56 Å². The molecule has 22 heteroatoms. The first-order chi connectivity index (χ1) is 45.6. The zero-order chi connectivity index (χ0) is 65.3. The summed E-state index contributed by atoms with van der Waals surface area (Å²) in [4.78, 5) is 100. The molecule has 2 atom stereocenters. The second-order valence-electron chi connectivity index (χ2n) is 25.2. The Bertz CT molecular complexity index is 4310. The van der Waals surface area contributed by atoms with Crippen molar-refractivity contribution >= 4 is 63.3 Å². The molecule has 8 aromatic rings. The number of benzene rings is 5. The minimum Gasteiger partial charge on any atom is -0.495 e. The molecule has 5 aliphatic rings. The molecule has 0 bridgehead atoms. The summed E-state index contributed by atoms with van der Waals surface area (Å²) >= 11 is 0. The number of carbonyl (C=O) groups excluding carboxylic acids is 5. The van der Waals surface area contributed by atoms with E-state index in [0.29, 0.717) is 65.2 Å². The lowest BCUT2D eigenvalue weighted by Crippen LogP contribution is -2.55. The van der Waals surface area contributed by atoms with Crippen LogP contribution in [0.2, 0.25) is 0 Å². The number of hydrogen-bond donors (Lipinski definition) is 5. The highest BCUT2D eigenvalue weighted by atomic mass is 16.6. The fourth-order valence-electron chi connectivity index (χ4n) is 13.6. The van der Waals surface area contributed by atoms with Crippen molar-refractivity contribution in [3.05, 3.63) is 172 Å². The first-order valence-electron chi connectivity index (χ1n) is 32.1. The lowest BCUT2D eigenvalue weighted by Gasteiger charge is -2.45. The van der Waals surface area contributed by atoms with Gasteiger partial charge in [0.2, 0.25) is 23.7 Å². The number of aromatic nitrogens is 4. The number of piperidine rings is 2. The largest absolute Gasteiger partial charge is 0.495 e. The van der Waals surface area contributed by atoms with Crippen LogP contribution in [0.5, 0.6) is 5.75 Å². The van der Waals surface area contributed by atoms with Gasteiger partial charge in [-0.1, -0.05) is 96.8 Å². The first kappa shape index (κ1) is 62.9. The van der Waals surface area contributed by atoms with Gasteiger partial charge in [-0.05, 0) is 104 Å². The van der Waals surface area contributed by atoms with Crippen LogP contribution >= 0.6 is 0 Å². The molecule has 0 spiro atoms. The molecule has 6 amide bonds. The molecule has 3 saturated heterocycles. The van der Waals surface area contributed by atoms with Gasteiger partial charge in [-0.3, -0.25) is 34.3 Å². The van der Waals surface area contributed by atoms with Gasteiger partial charge in [0.15, 0.2) is 11.7 Å². The summed E-state index contributed by atoms with van der Waals surface area (Å²) in [6.07, 6.45) is 6.90.